The SMILES string of the molecule is CCOc1csc(C(=O)Nc2ccc3c(c2)C(=Cc2cnc[nH]2)C(=O)N3)c1. The van der Waals surface area contributed by atoms with Gasteiger partial charge in [-0.2, -0.15) is 0 Å². The van der Waals surface area contributed by atoms with E-state index >= 15 is 0 Å². The maximum Gasteiger partial charge on any atom is 0.265 e. The molecule has 1 aliphatic rings. The fraction of sp³-hybridized carbons (Fsp3) is 0.105. The molecule has 7 nitrogen and oxygen atoms in total. The fourth-order valence-electron chi connectivity index (χ4n) is 2.78. The van der Waals surface area contributed by atoms with Crippen molar-refractivity contribution >= 4 is 46.2 Å². The number of nitrogens with zero attached hydrogens (tertiary/aromatic N) is 1. The van der Waals surface area contributed by atoms with E-state index in [1.54, 1.807) is 48.2 Å². The van der Waals surface area contributed by atoms with Gasteiger partial charge in [0.15, 0.2) is 0 Å². The van der Waals surface area contributed by atoms with Crippen LogP contribution in [0.15, 0.2) is 42.2 Å². The average Bonchev–Trinajstić information content (AvgIpc) is 3.38. The van der Waals surface area contributed by atoms with Gasteiger partial charge in [-0.3, -0.25) is 9.59 Å². The number of hydrogen-bond acceptors (Lipinski definition) is 5. The van der Waals surface area contributed by atoms with Gasteiger partial charge >= 0.3 is 0 Å². The van der Waals surface area contributed by atoms with E-state index in [-0.39, 0.29) is 11.8 Å². The number of anilines is 2. The van der Waals surface area contributed by atoms with Crippen LogP contribution in [0.1, 0.15) is 27.9 Å². The summed E-state index contributed by atoms with van der Waals surface area (Å²) in [6, 6.07) is 7.03. The van der Waals surface area contributed by atoms with Crippen LogP contribution in [0.5, 0.6) is 5.75 Å². The Balaban J connectivity index is 1.58. The Bertz CT molecular complexity index is 1040. The molecule has 0 bridgehead atoms. The first-order chi connectivity index (χ1) is 13.1. The van der Waals surface area contributed by atoms with E-state index in [4.69, 9.17) is 4.74 Å². The molecular weight excluding hydrogens is 364 g/mol. The summed E-state index contributed by atoms with van der Waals surface area (Å²) in [6.07, 6.45) is 4.92. The molecule has 0 spiro atoms. The van der Waals surface area contributed by atoms with Crippen molar-refractivity contribution in [2.75, 3.05) is 17.2 Å². The number of hydrogen-bond donors (Lipinski definition) is 3. The number of nitrogens with one attached hydrogen (secondary N) is 3. The Hall–Kier alpha value is -3.39. The minimum atomic E-state index is -0.220. The molecule has 2 amide bonds. The highest BCUT2D eigenvalue weighted by Crippen LogP contribution is 2.35. The Morgan fingerprint density at radius 2 is 2.26 bits per heavy atom. The van der Waals surface area contributed by atoms with Crippen molar-refractivity contribution < 1.29 is 14.3 Å². The van der Waals surface area contributed by atoms with Gasteiger partial charge in [0.2, 0.25) is 0 Å². The third-order valence-corrected chi connectivity index (χ3v) is 4.90. The average molecular weight is 380 g/mol. The smallest absolute Gasteiger partial charge is 0.265 e. The van der Waals surface area contributed by atoms with Gasteiger partial charge in [-0.05, 0) is 31.2 Å². The van der Waals surface area contributed by atoms with Gasteiger partial charge in [0.1, 0.15) is 5.75 Å². The van der Waals surface area contributed by atoms with Crippen LogP contribution in [0, 0.1) is 0 Å². The summed E-state index contributed by atoms with van der Waals surface area (Å²) < 4.78 is 5.39. The van der Waals surface area contributed by atoms with E-state index in [0.29, 0.717) is 34.2 Å². The van der Waals surface area contributed by atoms with E-state index in [1.807, 2.05) is 6.92 Å². The van der Waals surface area contributed by atoms with Crippen LogP contribution < -0.4 is 15.4 Å². The zero-order valence-electron chi connectivity index (χ0n) is 14.4. The van der Waals surface area contributed by atoms with Crippen LogP contribution in [0.4, 0.5) is 11.4 Å². The first-order valence-electron chi connectivity index (χ1n) is 8.32. The molecule has 136 valence electrons. The number of carbonyl (C=O) groups is 2. The molecule has 0 saturated carbocycles. The predicted octanol–water partition coefficient (Wildman–Crippen LogP) is 3.61. The van der Waals surface area contributed by atoms with Gasteiger partial charge in [-0.25, -0.2) is 4.98 Å². The predicted molar refractivity (Wildman–Crippen MR) is 105 cm³/mol. The third kappa shape index (κ3) is 3.47. The van der Waals surface area contributed by atoms with Gasteiger partial charge in [0, 0.05) is 28.4 Å². The van der Waals surface area contributed by atoms with Crippen molar-refractivity contribution in [1.29, 1.82) is 0 Å². The first-order valence-corrected chi connectivity index (χ1v) is 9.20. The molecule has 1 aromatic carbocycles. The largest absolute Gasteiger partial charge is 0.493 e. The molecule has 0 aliphatic carbocycles. The number of aromatic nitrogens is 2. The number of H-pyrrole nitrogens is 1. The van der Waals surface area contributed by atoms with Crippen LogP contribution in [0.25, 0.3) is 11.6 Å². The Morgan fingerprint density at radius 1 is 1.37 bits per heavy atom. The first kappa shape index (κ1) is 17.0. The van der Waals surface area contributed by atoms with Gasteiger partial charge in [-0.15, -0.1) is 11.3 Å². The number of imidazole rings is 1. The fourth-order valence-corrected chi connectivity index (χ4v) is 3.50. The molecule has 1 aliphatic heterocycles. The van der Waals surface area contributed by atoms with Gasteiger partial charge in [-0.1, -0.05) is 0 Å². The summed E-state index contributed by atoms with van der Waals surface area (Å²) in [5.74, 6) is 0.270. The van der Waals surface area contributed by atoms with Crippen LogP contribution in [0.2, 0.25) is 0 Å². The molecule has 3 aromatic rings. The quantitative estimate of drug-likeness (QED) is 0.589. The lowest BCUT2D eigenvalue weighted by Crippen LogP contribution is -2.10. The summed E-state index contributed by atoms with van der Waals surface area (Å²) in [5.41, 5.74) is 3.29. The van der Waals surface area contributed by atoms with Crippen LogP contribution in [-0.2, 0) is 4.79 Å². The Labute approximate surface area is 159 Å². The number of benzene rings is 1. The van der Waals surface area contributed by atoms with Crippen molar-refractivity contribution in [1.82, 2.24) is 9.97 Å². The second-order valence-electron chi connectivity index (χ2n) is 5.81. The molecule has 0 radical (unpaired) electrons. The van der Waals surface area contributed by atoms with Crippen LogP contribution >= 0.6 is 11.3 Å². The number of rotatable bonds is 5. The number of ether oxygens (including phenoxy) is 1. The lowest BCUT2D eigenvalue weighted by Gasteiger charge is -2.06. The highest BCUT2D eigenvalue weighted by atomic mass is 32.1. The van der Waals surface area contributed by atoms with E-state index in [2.05, 4.69) is 20.6 Å². The molecule has 4 rings (SSSR count). The zero-order chi connectivity index (χ0) is 18.8. The molecule has 3 heterocycles. The zero-order valence-corrected chi connectivity index (χ0v) is 15.2. The number of thiophene rings is 1. The summed E-state index contributed by atoms with van der Waals surface area (Å²) in [7, 11) is 0. The monoisotopic (exact) mass is 380 g/mol. The molecule has 8 heteroatoms. The Kier molecular flexibility index (Phi) is 4.47. The lowest BCUT2D eigenvalue weighted by molar-refractivity contribution is -0.110. The summed E-state index contributed by atoms with van der Waals surface area (Å²) in [5, 5.41) is 7.49. The van der Waals surface area contributed by atoms with E-state index in [1.165, 1.54) is 11.3 Å². The highest BCUT2D eigenvalue weighted by Gasteiger charge is 2.25. The molecule has 27 heavy (non-hydrogen) atoms. The standard InChI is InChI=1S/C19H16N4O3S/c1-2-26-13-7-17(27-9-13)19(25)22-11-3-4-16-14(5-11)15(18(24)23-16)6-12-8-20-10-21-12/h3-10H,2H2,1H3,(H,20,21)(H,22,25)(H,23,24). The Morgan fingerprint density at radius 3 is 3.04 bits per heavy atom. The van der Waals surface area contributed by atoms with Crippen molar-refractivity contribution in [3.63, 3.8) is 0 Å². The third-order valence-electron chi connectivity index (χ3n) is 3.99. The molecule has 0 fully saturated rings. The molecule has 2 aromatic heterocycles. The van der Waals surface area contributed by atoms with Gasteiger partial charge in [0.25, 0.3) is 11.8 Å². The molecule has 0 atom stereocenters. The molecule has 3 N–H and O–H groups in total. The second-order valence-corrected chi connectivity index (χ2v) is 6.72. The summed E-state index contributed by atoms with van der Waals surface area (Å²) in [6.45, 7) is 2.45. The highest BCUT2D eigenvalue weighted by molar-refractivity contribution is 7.12. The maximum absolute atomic E-state index is 12.5. The van der Waals surface area contributed by atoms with Gasteiger partial charge in [0.05, 0.1) is 35.3 Å². The molecule has 0 unspecified atom stereocenters. The normalized spacial score (nSPS) is 14.1. The number of amides is 2. The van der Waals surface area contributed by atoms with Crippen molar-refractivity contribution in [2.24, 2.45) is 0 Å². The summed E-state index contributed by atoms with van der Waals surface area (Å²) >= 11 is 1.32. The summed E-state index contributed by atoms with van der Waals surface area (Å²) in [4.78, 5) is 32.2. The van der Waals surface area contributed by atoms with E-state index in [9.17, 15) is 9.59 Å². The molecule has 0 saturated heterocycles. The number of carbonyl (C=O) groups excluding carboxylic acids is 2. The van der Waals surface area contributed by atoms with Crippen molar-refractivity contribution in [3.05, 3.63) is 58.3 Å². The second kappa shape index (κ2) is 7.08. The van der Waals surface area contributed by atoms with E-state index < -0.39 is 0 Å². The van der Waals surface area contributed by atoms with Crippen molar-refractivity contribution in [3.8, 4) is 5.75 Å². The lowest BCUT2D eigenvalue weighted by atomic mass is 10.1. The maximum atomic E-state index is 12.5. The van der Waals surface area contributed by atoms with E-state index in [0.717, 1.165) is 11.3 Å². The van der Waals surface area contributed by atoms with Gasteiger partial charge < -0.3 is 20.4 Å². The van der Waals surface area contributed by atoms with Crippen LogP contribution in [0.3, 0.4) is 0 Å². The topological polar surface area (TPSA) is 96.1 Å². The minimum Gasteiger partial charge on any atom is -0.493 e. The van der Waals surface area contributed by atoms with Crippen molar-refractivity contribution in [2.45, 2.75) is 6.92 Å². The molecular formula is C19H16N4O3S. The number of aromatic amines is 1. The number of fused-ring (bicyclic) bond motifs is 1. The minimum absolute atomic E-state index is 0.192. The van der Waals surface area contributed by atoms with Crippen LogP contribution in [-0.4, -0.2) is 28.4 Å².